The Morgan fingerprint density at radius 3 is 2.64 bits per heavy atom. The molecule has 3 atom stereocenters. The molecule has 2 rings (SSSR count). The van der Waals surface area contributed by atoms with E-state index in [2.05, 4.69) is 25.7 Å². The number of rotatable bonds is 2. The maximum atomic E-state index is 2.68. The second-order valence-corrected chi connectivity index (χ2v) is 5.61. The van der Waals surface area contributed by atoms with E-state index < -0.39 is 0 Å². The van der Waals surface area contributed by atoms with Crippen molar-refractivity contribution in [3.05, 3.63) is 0 Å². The Labute approximate surface area is 88.9 Å². The standard InChI is InChI=1S/C13H25N/c1-4-14-8-11-6-5-7-12(11)13(9-14)10(2)3/h10-13H,4-9H2,1-3H3/t11?,12-,13+/m0/s1. The van der Waals surface area contributed by atoms with Gasteiger partial charge in [-0.15, -0.1) is 0 Å². The Kier molecular flexibility index (Phi) is 3.16. The average Bonchev–Trinajstić information content (AvgIpc) is 2.63. The Bertz CT molecular complexity index is 188. The first kappa shape index (κ1) is 10.5. The fourth-order valence-electron chi connectivity index (χ4n) is 3.66. The zero-order valence-corrected chi connectivity index (χ0v) is 10.00. The fraction of sp³-hybridized carbons (Fsp3) is 1.00. The quantitative estimate of drug-likeness (QED) is 0.654. The normalized spacial score (nSPS) is 39.0. The van der Waals surface area contributed by atoms with Crippen molar-refractivity contribution in [1.82, 2.24) is 4.90 Å². The van der Waals surface area contributed by atoms with Crippen molar-refractivity contribution in [1.29, 1.82) is 0 Å². The minimum absolute atomic E-state index is 0.884. The number of likely N-dealkylation sites (tertiary alicyclic amines) is 1. The molecule has 1 saturated carbocycles. The van der Waals surface area contributed by atoms with Crippen LogP contribution in [0, 0.1) is 23.7 Å². The molecule has 14 heavy (non-hydrogen) atoms. The van der Waals surface area contributed by atoms with Gasteiger partial charge in [0.2, 0.25) is 0 Å². The third-order valence-corrected chi connectivity index (χ3v) is 4.53. The molecular weight excluding hydrogens is 170 g/mol. The molecule has 1 heterocycles. The summed E-state index contributed by atoms with van der Waals surface area (Å²) in [6, 6.07) is 0. The van der Waals surface area contributed by atoms with Crippen LogP contribution in [-0.4, -0.2) is 24.5 Å². The maximum absolute atomic E-state index is 2.68. The van der Waals surface area contributed by atoms with Gasteiger partial charge in [-0.05, 0) is 43.1 Å². The summed E-state index contributed by atoms with van der Waals surface area (Å²) in [6.45, 7) is 11.2. The van der Waals surface area contributed by atoms with E-state index in [1.165, 1.54) is 38.9 Å². The number of fused-ring (bicyclic) bond motifs is 1. The molecule has 0 N–H and O–H groups in total. The van der Waals surface area contributed by atoms with Crippen molar-refractivity contribution in [2.45, 2.75) is 40.0 Å². The first-order valence-electron chi connectivity index (χ1n) is 6.44. The summed E-state index contributed by atoms with van der Waals surface area (Å²) in [5.41, 5.74) is 0. The van der Waals surface area contributed by atoms with Crippen molar-refractivity contribution in [3.63, 3.8) is 0 Å². The van der Waals surface area contributed by atoms with E-state index in [4.69, 9.17) is 0 Å². The second-order valence-electron chi connectivity index (χ2n) is 5.61. The van der Waals surface area contributed by atoms with Crippen LogP contribution in [0.1, 0.15) is 40.0 Å². The topological polar surface area (TPSA) is 3.24 Å². The molecule has 1 aliphatic carbocycles. The molecule has 1 saturated heterocycles. The molecule has 0 aromatic heterocycles. The first-order valence-corrected chi connectivity index (χ1v) is 6.44. The summed E-state index contributed by atoms with van der Waals surface area (Å²) >= 11 is 0. The van der Waals surface area contributed by atoms with E-state index >= 15 is 0 Å². The lowest BCUT2D eigenvalue weighted by Gasteiger charge is -2.42. The van der Waals surface area contributed by atoms with Gasteiger partial charge in [-0.2, -0.15) is 0 Å². The Balaban J connectivity index is 2.06. The highest BCUT2D eigenvalue weighted by molar-refractivity contribution is 4.91. The molecule has 2 fully saturated rings. The molecule has 1 unspecified atom stereocenters. The van der Waals surface area contributed by atoms with E-state index in [1.54, 1.807) is 0 Å². The van der Waals surface area contributed by atoms with E-state index in [9.17, 15) is 0 Å². The van der Waals surface area contributed by atoms with E-state index in [-0.39, 0.29) is 0 Å². The predicted molar refractivity (Wildman–Crippen MR) is 61.3 cm³/mol. The molecule has 0 aromatic rings. The van der Waals surface area contributed by atoms with Gasteiger partial charge in [0.25, 0.3) is 0 Å². The van der Waals surface area contributed by atoms with Crippen LogP contribution >= 0.6 is 0 Å². The molecule has 1 aliphatic heterocycles. The van der Waals surface area contributed by atoms with Crippen LogP contribution in [-0.2, 0) is 0 Å². The van der Waals surface area contributed by atoms with E-state index in [0.717, 1.165) is 23.7 Å². The van der Waals surface area contributed by atoms with E-state index in [0.29, 0.717) is 0 Å². The fourth-order valence-corrected chi connectivity index (χ4v) is 3.66. The lowest BCUT2D eigenvalue weighted by atomic mass is 9.74. The van der Waals surface area contributed by atoms with Gasteiger partial charge >= 0.3 is 0 Å². The van der Waals surface area contributed by atoms with E-state index in [1.807, 2.05) is 0 Å². The second kappa shape index (κ2) is 4.22. The lowest BCUT2D eigenvalue weighted by Crippen LogP contribution is -2.46. The largest absolute Gasteiger partial charge is 0.303 e. The van der Waals surface area contributed by atoms with Crippen LogP contribution in [0.5, 0.6) is 0 Å². The Morgan fingerprint density at radius 2 is 2.00 bits per heavy atom. The van der Waals surface area contributed by atoms with Crippen molar-refractivity contribution in [3.8, 4) is 0 Å². The van der Waals surface area contributed by atoms with Gasteiger partial charge in [0.1, 0.15) is 0 Å². The number of nitrogens with zero attached hydrogens (tertiary/aromatic N) is 1. The molecular formula is C13H25N. The van der Waals surface area contributed by atoms with Gasteiger partial charge in [-0.3, -0.25) is 0 Å². The van der Waals surface area contributed by atoms with Crippen LogP contribution < -0.4 is 0 Å². The Hall–Kier alpha value is -0.0400. The minimum Gasteiger partial charge on any atom is -0.303 e. The third-order valence-electron chi connectivity index (χ3n) is 4.53. The zero-order valence-electron chi connectivity index (χ0n) is 10.00. The van der Waals surface area contributed by atoms with Gasteiger partial charge in [-0.1, -0.05) is 27.2 Å². The molecule has 1 heteroatoms. The van der Waals surface area contributed by atoms with Crippen molar-refractivity contribution >= 4 is 0 Å². The summed E-state index contributed by atoms with van der Waals surface area (Å²) < 4.78 is 0. The summed E-state index contributed by atoms with van der Waals surface area (Å²) in [5, 5.41) is 0. The monoisotopic (exact) mass is 195 g/mol. The first-order chi connectivity index (χ1) is 6.72. The van der Waals surface area contributed by atoms with Gasteiger partial charge in [0.05, 0.1) is 0 Å². The van der Waals surface area contributed by atoms with Crippen molar-refractivity contribution in [2.24, 2.45) is 23.7 Å². The van der Waals surface area contributed by atoms with Gasteiger partial charge < -0.3 is 4.90 Å². The van der Waals surface area contributed by atoms with Gasteiger partial charge in [0, 0.05) is 13.1 Å². The summed E-state index contributed by atoms with van der Waals surface area (Å²) in [5.74, 6) is 3.97. The molecule has 0 spiro atoms. The molecule has 0 bridgehead atoms. The highest BCUT2D eigenvalue weighted by atomic mass is 15.1. The molecule has 2 aliphatic rings. The molecule has 0 amide bonds. The number of piperidine rings is 1. The summed E-state index contributed by atoms with van der Waals surface area (Å²) in [4.78, 5) is 2.68. The lowest BCUT2D eigenvalue weighted by molar-refractivity contribution is 0.0575. The van der Waals surface area contributed by atoms with Crippen LogP contribution in [0.3, 0.4) is 0 Å². The number of hydrogen-bond donors (Lipinski definition) is 0. The van der Waals surface area contributed by atoms with Crippen LogP contribution in [0.4, 0.5) is 0 Å². The van der Waals surface area contributed by atoms with Crippen LogP contribution in [0.15, 0.2) is 0 Å². The Morgan fingerprint density at radius 1 is 1.21 bits per heavy atom. The average molecular weight is 195 g/mol. The highest BCUT2D eigenvalue weighted by Crippen LogP contribution is 2.43. The van der Waals surface area contributed by atoms with Gasteiger partial charge in [-0.25, -0.2) is 0 Å². The molecule has 1 nitrogen and oxygen atoms in total. The van der Waals surface area contributed by atoms with Crippen molar-refractivity contribution < 1.29 is 0 Å². The predicted octanol–water partition coefficient (Wildman–Crippen LogP) is 3.01. The van der Waals surface area contributed by atoms with Crippen molar-refractivity contribution in [2.75, 3.05) is 19.6 Å². The molecule has 0 radical (unpaired) electrons. The SMILES string of the molecule is CCN1CC2CCC[C@@H]2[C@@H](C(C)C)C1. The third kappa shape index (κ3) is 1.84. The van der Waals surface area contributed by atoms with Crippen LogP contribution in [0.2, 0.25) is 0 Å². The smallest absolute Gasteiger partial charge is 0.00149 e. The van der Waals surface area contributed by atoms with Gasteiger partial charge in [0.15, 0.2) is 0 Å². The molecule has 82 valence electrons. The van der Waals surface area contributed by atoms with Crippen LogP contribution in [0.25, 0.3) is 0 Å². The summed E-state index contributed by atoms with van der Waals surface area (Å²) in [7, 11) is 0. The molecule has 0 aromatic carbocycles. The minimum atomic E-state index is 0.884. The zero-order chi connectivity index (χ0) is 10.1. The number of hydrogen-bond acceptors (Lipinski definition) is 1. The highest BCUT2D eigenvalue weighted by Gasteiger charge is 2.39. The summed E-state index contributed by atoms with van der Waals surface area (Å²) in [6.07, 6.45) is 4.52. The maximum Gasteiger partial charge on any atom is 0.00149 e.